The van der Waals surface area contributed by atoms with Crippen molar-refractivity contribution in [3.8, 4) is 11.1 Å². The van der Waals surface area contributed by atoms with Gasteiger partial charge >= 0.3 is 0 Å². The van der Waals surface area contributed by atoms with Crippen molar-refractivity contribution in [1.29, 1.82) is 0 Å². The molecular formula is C21H19FN2O. The van der Waals surface area contributed by atoms with E-state index in [1.54, 1.807) is 18.3 Å². The highest BCUT2D eigenvalue weighted by Gasteiger charge is 2.12. The van der Waals surface area contributed by atoms with Gasteiger partial charge in [0.1, 0.15) is 5.82 Å². The number of pyridine rings is 1. The number of nitrogens with one attached hydrogen (secondary N) is 1. The maximum absolute atomic E-state index is 14.0. The Morgan fingerprint density at radius 1 is 1.00 bits per heavy atom. The van der Waals surface area contributed by atoms with Crippen LogP contribution in [0.15, 0.2) is 73.1 Å². The summed E-state index contributed by atoms with van der Waals surface area (Å²) in [6.45, 7) is 0.489. The first-order valence-electron chi connectivity index (χ1n) is 8.26. The molecule has 0 aliphatic rings. The molecule has 3 aromatic rings. The zero-order valence-electron chi connectivity index (χ0n) is 13.8. The van der Waals surface area contributed by atoms with Gasteiger partial charge in [0.15, 0.2) is 0 Å². The van der Waals surface area contributed by atoms with Gasteiger partial charge in [0.05, 0.1) is 5.56 Å². The van der Waals surface area contributed by atoms with Gasteiger partial charge in [-0.15, -0.1) is 0 Å². The van der Waals surface area contributed by atoms with Crippen LogP contribution in [0.1, 0.15) is 22.3 Å². The average molecular weight is 334 g/mol. The summed E-state index contributed by atoms with van der Waals surface area (Å²) in [5.41, 5.74) is 2.97. The Morgan fingerprint density at radius 2 is 1.84 bits per heavy atom. The van der Waals surface area contributed by atoms with Crippen LogP contribution in [-0.4, -0.2) is 17.4 Å². The highest BCUT2D eigenvalue weighted by molar-refractivity contribution is 5.95. The molecule has 0 aliphatic heterocycles. The predicted octanol–water partition coefficient (Wildman–Crippen LogP) is 4.25. The van der Waals surface area contributed by atoms with Crippen LogP contribution in [0.25, 0.3) is 11.1 Å². The Kier molecular flexibility index (Phi) is 5.52. The van der Waals surface area contributed by atoms with Crippen molar-refractivity contribution in [2.24, 2.45) is 0 Å². The molecule has 0 saturated heterocycles. The van der Waals surface area contributed by atoms with Gasteiger partial charge in [0.25, 0.3) is 5.91 Å². The third kappa shape index (κ3) is 4.51. The van der Waals surface area contributed by atoms with Crippen molar-refractivity contribution >= 4 is 5.91 Å². The summed E-state index contributed by atoms with van der Waals surface area (Å²) in [5, 5.41) is 2.79. The maximum atomic E-state index is 14.0. The minimum Gasteiger partial charge on any atom is -0.352 e. The second-order valence-electron chi connectivity index (χ2n) is 5.78. The molecule has 0 bridgehead atoms. The van der Waals surface area contributed by atoms with Crippen LogP contribution in [0.5, 0.6) is 0 Å². The van der Waals surface area contributed by atoms with Crippen molar-refractivity contribution in [1.82, 2.24) is 10.3 Å². The number of benzene rings is 2. The van der Waals surface area contributed by atoms with Gasteiger partial charge in [-0.25, -0.2) is 4.39 Å². The van der Waals surface area contributed by atoms with Gasteiger partial charge in [0.2, 0.25) is 0 Å². The molecular weight excluding hydrogens is 315 g/mol. The lowest BCUT2D eigenvalue weighted by atomic mass is 10.0. The summed E-state index contributed by atoms with van der Waals surface area (Å²) in [6.07, 6.45) is 5.14. The van der Waals surface area contributed by atoms with Gasteiger partial charge in [-0.1, -0.05) is 42.5 Å². The molecule has 0 aliphatic carbocycles. The van der Waals surface area contributed by atoms with Gasteiger partial charge in [-0.2, -0.15) is 0 Å². The number of nitrogens with zero attached hydrogens (tertiary/aromatic N) is 1. The number of rotatable bonds is 6. The molecule has 1 N–H and O–H groups in total. The minimum absolute atomic E-state index is 0.0720. The van der Waals surface area contributed by atoms with Crippen LogP contribution in [0, 0.1) is 5.82 Å². The molecule has 0 atom stereocenters. The van der Waals surface area contributed by atoms with Crippen LogP contribution >= 0.6 is 0 Å². The monoisotopic (exact) mass is 334 g/mol. The second-order valence-corrected chi connectivity index (χ2v) is 5.78. The molecule has 1 amide bonds. The van der Waals surface area contributed by atoms with Crippen LogP contribution in [0.2, 0.25) is 0 Å². The first kappa shape index (κ1) is 16.8. The second kappa shape index (κ2) is 8.20. The molecule has 0 saturated carbocycles. The van der Waals surface area contributed by atoms with Crippen molar-refractivity contribution in [3.63, 3.8) is 0 Å². The Bertz CT molecular complexity index is 835. The number of hydrogen-bond donors (Lipinski definition) is 1. The van der Waals surface area contributed by atoms with E-state index in [0.717, 1.165) is 29.5 Å². The third-order valence-electron chi connectivity index (χ3n) is 3.97. The molecule has 2 aromatic carbocycles. The quantitative estimate of drug-likeness (QED) is 0.685. The number of amides is 1. The number of halogens is 1. The molecule has 25 heavy (non-hydrogen) atoms. The van der Waals surface area contributed by atoms with E-state index in [1.165, 1.54) is 6.07 Å². The standard InChI is InChI=1S/C21H19FN2O/c22-20-11-10-18(17-8-2-1-3-9-17)14-19(20)21(25)24-13-5-7-16-6-4-12-23-15-16/h1-4,6,8-12,14-15H,5,7,13H2,(H,24,25). The molecule has 126 valence electrons. The van der Waals surface area contributed by atoms with Crippen molar-refractivity contribution in [2.45, 2.75) is 12.8 Å². The van der Waals surface area contributed by atoms with Crippen LogP contribution < -0.4 is 5.32 Å². The summed E-state index contributed by atoms with van der Waals surface area (Å²) in [5.74, 6) is -0.897. The van der Waals surface area contributed by atoms with Gasteiger partial charge < -0.3 is 5.32 Å². The Labute approximate surface area is 146 Å². The van der Waals surface area contributed by atoms with Crippen molar-refractivity contribution in [3.05, 3.63) is 90.0 Å². The third-order valence-corrected chi connectivity index (χ3v) is 3.97. The summed E-state index contributed by atoms with van der Waals surface area (Å²) >= 11 is 0. The number of aromatic nitrogens is 1. The highest BCUT2D eigenvalue weighted by Crippen LogP contribution is 2.21. The summed E-state index contributed by atoms with van der Waals surface area (Å²) in [4.78, 5) is 16.4. The Hall–Kier alpha value is -3.01. The van der Waals surface area contributed by atoms with Gasteiger partial charge in [0, 0.05) is 18.9 Å². The lowest BCUT2D eigenvalue weighted by Gasteiger charge is -2.08. The fourth-order valence-electron chi connectivity index (χ4n) is 2.65. The fraction of sp³-hybridized carbons (Fsp3) is 0.143. The maximum Gasteiger partial charge on any atom is 0.254 e. The molecule has 0 spiro atoms. The Balaban J connectivity index is 1.61. The average Bonchev–Trinajstić information content (AvgIpc) is 2.67. The van der Waals surface area contributed by atoms with E-state index in [1.807, 2.05) is 48.7 Å². The normalized spacial score (nSPS) is 10.4. The first-order chi connectivity index (χ1) is 12.2. The van der Waals surface area contributed by atoms with E-state index >= 15 is 0 Å². The molecule has 4 heteroatoms. The van der Waals surface area contributed by atoms with E-state index in [2.05, 4.69) is 10.3 Å². The number of carbonyl (C=O) groups is 1. The number of aryl methyl sites for hydroxylation is 1. The predicted molar refractivity (Wildman–Crippen MR) is 96.7 cm³/mol. The number of hydrogen-bond acceptors (Lipinski definition) is 2. The smallest absolute Gasteiger partial charge is 0.254 e. The van der Waals surface area contributed by atoms with E-state index in [4.69, 9.17) is 0 Å². The molecule has 1 aromatic heterocycles. The van der Waals surface area contributed by atoms with Crippen molar-refractivity contribution < 1.29 is 9.18 Å². The van der Waals surface area contributed by atoms with E-state index in [0.29, 0.717) is 6.54 Å². The molecule has 0 fully saturated rings. The summed E-state index contributed by atoms with van der Waals surface area (Å²) in [7, 11) is 0. The van der Waals surface area contributed by atoms with Crippen molar-refractivity contribution in [2.75, 3.05) is 6.54 Å². The zero-order chi connectivity index (χ0) is 17.5. The largest absolute Gasteiger partial charge is 0.352 e. The SMILES string of the molecule is O=C(NCCCc1cccnc1)c1cc(-c2ccccc2)ccc1F. The fourth-order valence-corrected chi connectivity index (χ4v) is 2.65. The lowest BCUT2D eigenvalue weighted by molar-refractivity contribution is 0.0949. The molecule has 3 nitrogen and oxygen atoms in total. The Morgan fingerprint density at radius 3 is 2.60 bits per heavy atom. The topological polar surface area (TPSA) is 42.0 Å². The van der Waals surface area contributed by atoms with Gasteiger partial charge in [-0.3, -0.25) is 9.78 Å². The molecule has 1 heterocycles. The zero-order valence-corrected chi connectivity index (χ0v) is 13.8. The highest BCUT2D eigenvalue weighted by atomic mass is 19.1. The molecule has 0 unspecified atom stereocenters. The number of carbonyl (C=O) groups excluding carboxylic acids is 1. The van der Waals surface area contributed by atoms with Crippen LogP contribution in [0.4, 0.5) is 4.39 Å². The summed E-state index contributed by atoms with van der Waals surface area (Å²) < 4.78 is 14.0. The molecule has 0 radical (unpaired) electrons. The summed E-state index contributed by atoms with van der Waals surface area (Å²) in [6, 6.07) is 18.1. The van der Waals surface area contributed by atoms with Crippen LogP contribution in [0.3, 0.4) is 0 Å². The first-order valence-corrected chi connectivity index (χ1v) is 8.26. The van der Waals surface area contributed by atoms with E-state index < -0.39 is 5.82 Å². The minimum atomic E-state index is -0.510. The van der Waals surface area contributed by atoms with Crippen LogP contribution in [-0.2, 0) is 6.42 Å². The van der Waals surface area contributed by atoms with Gasteiger partial charge in [-0.05, 0) is 47.7 Å². The van der Waals surface area contributed by atoms with E-state index in [9.17, 15) is 9.18 Å². The van der Waals surface area contributed by atoms with E-state index in [-0.39, 0.29) is 11.5 Å². The lowest BCUT2D eigenvalue weighted by Crippen LogP contribution is -2.25. The molecule has 3 rings (SSSR count).